The normalized spacial score (nSPS) is 14.9. The Balaban J connectivity index is 1.36. The molecule has 0 unspecified atom stereocenters. The van der Waals surface area contributed by atoms with Crippen LogP contribution in [0.2, 0.25) is 0 Å². The van der Waals surface area contributed by atoms with Crippen LogP contribution in [0.3, 0.4) is 0 Å². The SMILES string of the molecule is O=C(COc1ccccc1-c1ccccc1)N1CCN(S(=O)(=O)c2ccccc2)CC1. The van der Waals surface area contributed by atoms with Gasteiger partial charge >= 0.3 is 0 Å². The number of hydrogen-bond donors (Lipinski definition) is 0. The molecule has 1 saturated heterocycles. The first-order valence-electron chi connectivity index (χ1n) is 10.2. The van der Waals surface area contributed by atoms with E-state index in [0.717, 1.165) is 11.1 Å². The number of sulfonamides is 1. The third-order valence-electron chi connectivity index (χ3n) is 5.30. The quantitative estimate of drug-likeness (QED) is 0.595. The summed E-state index contributed by atoms with van der Waals surface area (Å²) in [5.74, 6) is 0.493. The number of rotatable bonds is 6. The summed E-state index contributed by atoms with van der Waals surface area (Å²) in [6.45, 7) is 1.13. The fourth-order valence-corrected chi connectivity index (χ4v) is 5.04. The Bertz CT molecular complexity index is 1130. The fourth-order valence-electron chi connectivity index (χ4n) is 3.60. The van der Waals surface area contributed by atoms with E-state index in [1.807, 2.05) is 54.6 Å². The second-order valence-electron chi connectivity index (χ2n) is 7.25. The van der Waals surface area contributed by atoms with Gasteiger partial charge in [-0.15, -0.1) is 0 Å². The molecule has 1 amide bonds. The number of hydrogen-bond acceptors (Lipinski definition) is 4. The summed E-state index contributed by atoms with van der Waals surface area (Å²) >= 11 is 0. The molecule has 0 aliphatic carbocycles. The summed E-state index contributed by atoms with van der Waals surface area (Å²) in [7, 11) is -3.54. The first-order valence-corrected chi connectivity index (χ1v) is 11.6. The smallest absolute Gasteiger partial charge is 0.260 e. The highest BCUT2D eigenvalue weighted by Crippen LogP contribution is 2.29. The minimum atomic E-state index is -3.54. The van der Waals surface area contributed by atoms with E-state index in [2.05, 4.69) is 0 Å². The van der Waals surface area contributed by atoms with E-state index < -0.39 is 10.0 Å². The van der Waals surface area contributed by atoms with E-state index in [1.54, 1.807) is 35.2 Å². The molecule has 3 aromatic rings. The maximum Gasteiger partial charge on any atom is 0.260 e. The van der Waals surface area contributed by atoms with E-state index >= 15 is 0 Å². The van der Waals surface area contributed by atoms with Crippen molar-refractivity contribution in [2.75, 3.05) is 32.8 Å². The minimum Gasteiger partial charge on any atom is -0.483 e. The van der Waals surface area contributed by atoms with Crippen LogP contribution in [0.4, 0.5) is 0 Å². The maximum atomic E-state index is 12.7. The standard InChI is InChI=1S/C24H24N2O4S/c27-24(19-30-23-14-8-7-13-22(23)20-9-3-1-4-10-20)25-15-17-26(18-16-25)31(28,29)21-11-5-2-6-12-21/h1-14H,15-19H2. The zero-order chi connectivity index (χ0) is 21.7. The van der Waals surface area contributed by atoms with Crippen molar-refractivity contribution in [2.45, 2.75) is 4.90 Å². The molecular weight excluding hydrogens is 412 g/mol. The van der Waals surface area contributed by atoms with Crippen molar-refractivity contribution >= 4 is 15.9 Å². The summed E-state index contributed by atoms with van der Waals surface area (Å²) in [6, 6.07) is 25.8. The lowest BCUT2D eigenvalue weighted by atomic mass is 10.1. The van der Waals surface area contributed by atoms with Crippen LogP contribution < -0.4 is 4.74 Å². The van der Waals surface area contributed by atoms with E-state index in [-0.39, 0.29) is 30.5 Å². The summed E-state index contributed by atoms with van der Waals surface area (Å²) in [4.78, 5) is 14.6. The van der Waals surface area contributed by atoms with Gasteiger partial charge in [0, 0.05) is 31.7 Å². The summed E-state index contributed by atoms with van der Waals surface area (Å²) in [6.07, 6.45) is 0. The van der Waals surface area contributed by atoms with Gasteiger partial charge in [0.2, 0.25) is 10.0 Å². The largest absolute Gasteiger partial charge is 0.483 e. The monoisotopic (exact) mass is 436 g/mol. The number of nitrogens with zero attached hydrogens (tertiary/aromatic N) is 2. The number of piperazine rings is 1. The van der Waals surface area contributed by atoms with E-state index in [0.29, 0.717) is 18.8 Å². The van der Waals surface area contributed by atoms with Gasteiger partial charge in [-0.2, -0.15) is 4.31 Å². The maximum absolute atomic E-state index is 12.7. The zero-order valence-corrected chi connectivity index (χ0v) is 17.9. The van der Waals surface area contributed by atoms with Gasteiger partial charge in [0.15, 0.2) is 6.61 Å². The van der Waals surface area contributed by atoms with Gasteiger partial charge in [0.25, 0.3) is 5.91 Å². The van der Waals surface area contributed by atoms with Crippen molar-refractivity contribution < 1.29 is 17.9 Å². The molecule has 0 spiro atoms. The molecule has 0 radical (unpaired) electrons. The summed E-state index contributed by atoms with van der Waals surface area (Å²) in [5, 5.41) is 0. The lowest BCUT2D eigenvalue weighted by molar-refractivity contribution is -0.134. The molecule has 160 valence electrons. The summed E-state index contributed by atoms with van der Waals surface area (Å²) < 4.78 is 32.8. The van der Waals surface area contributed by atoms with Crippen LogP contribution in [0.25, 0.3) is 11.1 Å². The molecule has 1 aliphatic heterocycles. The van der Waals surface area contributed by atoms with Crippen LogP contribution >= 0.6 is 0 Å². The van der Waals surface area contributed by atoms with Crippen LogP contribution in [0, 0.1) is 0 Å². The van der Waals surface area contributed by atoms with E-state index in [4.69, 9.17) is 4.74 Å². The van der Waals surface area contributed by atoms with Crippen molar-refractivity contribution in [3.05, 3.63) is 84.9 Å². The van der Waals surface area contributed by atoms with Crippen LogP contribution in [0.5, 0.6) is 5.75 Å². The van der Waals surface area contributed by atoms with Gasteiger partial charge in [0.1, 0.15) is 5.75 Å². The fraction of sp³-hybridized carbons (Fsp3) is 0.208. The van der Waals surface area contributed by atoms with E-state index in [9.17, 15) is 13.2 Å². The minimum absolute atomic E-state index is 0.0880. The molecule has 0 aromatic heterocycles. The van der Waals surface area contributed by atoms with Gasteiger partial charge in [-0.3, -0.25) is 4.79 Å². The van der Waals surface area contributed by atoms with Gasteiger partial charge in [-0.25, -0.2) is 8.42 Å². The molecule has 3 aromatic carbocycles. The van der Waals surface area contributed by atoms with Crippen LogP contribution in [-0.4, -0.2) is 56.3 Å². The molecule has 0 saturated carbocycles. The molecular formula is C24H24N2O4S. The van der Waals surface area contributed by atoms with Crippen molar-refractivity contribution in [3.8, 4) is 16.9 Å². The first kappa shape index (κ1) is 21.1. The van der Waals surface area contributed by atoms with Crippen molar-refractivity contribution in [1.29, 1.82) is 0 Å². The lowest BCUT2D eigenvalue weighted by Gasteiger charge is -2.34. The molecule has 1 fully saturated rings. The molecule has 4 rings (SSSR count). The van der Waals surface area contributed by atoms with E-state index in [1.165, 1.54) is 4.31 Å². The van der Waals surface area contributed by atoms with Gasteiger partial charge in [-0.1, -0.05) is 66.7 Å². The van der Waals surface area contributed by atoms with Gasteiger partial charge in [-0.05, 0) is 23.8 Å². The first-order chi connectivity index (χ1) is 15.1. The number of ether oxygens (including phenoxy) is 1. The number of benzene rings is 3. The van der Waals surface area contributed by atoms with Crippen molar-refractivity contribution in [3.63, 3.8) is 0 Å². The molecule has 31 heavy (non-hydrogen) atoms. The number of carbonyl (C=O) groups excluding carboxylic acids is 1. The highest BCUT2D eigenvalue weighted by Gasteiger charge is 2.30. The second kappa shape index (κ2) is 9.32. The molecule has 0 atom stereocenters. The number of para-hydroxylation sites is 1. The number of carbonyl (C=O) groups is 1. The van der Waals surface area contributed by atoms with Gasteiger partial charge in [0.05, 0.1) is 4.90 Å². The van der Waals surface area contributed by atoms with Crippen molar-refractivity contribution in [2.24, 2.45) is 0 Å². The topological polar surface area (TPSA) is 66.9 Å². The zero-order valence-electron chi connectivity index (χ0n) is 17.1. The summed E-state index contributed by atoms with van der Waals surface area (Å²) in [5.41, 5.74) is 1.94. The van der Waals surface area contributed by atoms with Crippen LogP contribution in [-0.2, 0) is 14.8 Å². The molecule has 0 bridgehead atoms. The average molecular weight is 437 g/mol. The highest BCUT2D eigenvalue weighted by molar-refractivity contribution is 7.89. The van der Waals surface area contributed by atoms with Crippen LogP contribution in [0.15, 0.2) is 89.8 Å². The molecule has 7 heteroatoms. The Morgan fingerprint density at radius 3 is 2.03 bits per heavy atom. The third-order valence-corrected chi connectivity index (χ3v) is 7.21. The molecule has 0 N–H and O–H groups in total. The average Bonchev–Trinajstić information content (AvgIpc) is 2.84. The third kappa shape index (κ3) is 4.78. The molecule has 6 nitrogen and oxygen atoms in total. The number of amides is 1. The predicted molar refractivity (Wildman–Crippen MR) is 119 cm³/mol. The lowest BCUT2D eigenvalue weighted by Crippen LogP contribution is -2.51. The Hall–Kier alpha value is -3.16. The molecule has 1 heterocycles. The van der Waals surface area contributed by atoms with Crippen molar-refractivity contribution in [1.82, 2.24) is 9.21 Å². The Morgan fingerprint density at radius 2 is 1.35 bits per heavy atom. The second-order valence-corrected chi connectivity index (χ2v) is 9.19. The Labute approximate surface area is 182 Å². The Morgan fingerprint density at radius 1 is 0.774 bits per heavy atom. The van der Waals surface area contributed by atoms with Gasteiger partial charge < -0.3 is 9.64 Å². The van der Waals surface area contributed by atoms with Crippen LogP contribution in [0.1, 0.15) is 0 Å². The predicted octanol–water partition coefficient (Wildman–Crippen LogP) is 3.27. The Kier molecular flexibility index (Phi) is 6.34. The highest BCUT2D eigenvalue weighted by atomic mass is 32.2. The molecule has 1 aliphatic rings.